The third kappa shape index (κ3) is 1.94. The molecule has 0 bridgehead atoms. The first-order valence-electron chi connectivity index (χ1n) is 6.34. The largest absolute Gasteiger partial charge is 0.388 e. The van der Waals surface area contributed by atoms with E-state index >= 15 is 0 Å². The maximum absolute atomic E-state index is 13.3. The molecule has 0 saturated carbocycles. The first-order valence-corrected chi connectivity index (χ1v) is 6.34. The number of alkyl halides is 1. The zero-order valence-electron chi connectivity index (χ0n) is 10.3. The molecular weight excluding hydrogens is 249 g/mol. The molecule has 0 spiro atoms. The Morgan fingerprint density at radius 3 is 2.79 bits per heavy atom. The van der Waals surface area contributed by atoms with E-state index in [4.69, 9.17) is 0 Å². The normalized spacial score (nSPS) is 25.8. The molecule has 3 rings (SSSR count). The van der Waals surface area contributed by atoms with Gasteiger partial charge in [0, 0.05) is 24.1 Å². The Bertz CT molecular complexity index is 548. The van der Waals surface area contributed by atoms with Crippen LogP contribution in [0.15, 0.2) is 18.2 Å². The predicted molar refractivity (Wildman–Crippen MR) is 65.9 cm³/mol. The lowest BCUT2D eigenvalue weighted by atomic mass is 10.0. The Hall–Kier alpha value is -1.75. The van der Waals surface area contributed by atoms with E-state index in [1.165, 1.54) is 4.90 Å². The maximum Gasteiger partial charge on any atom is 0.254 e. The minimum atomic E-state index is -1.39. The Morgan fingerprint density at radius 2 is 2.11 bits per heavy atom. The lowest BCUT2D eigenvalue weighted by molar-refractivity contribution is 0.0763. The molecule has 1 N–H and O–H groups in total. The number of ketones is 1. The first-order chi connectivity index (χ1) is 9.08. The quantitative estimate of drug-likeness (QED) is 0.821. The minimum absolute atomic E-state index is 0.0115. The van der Waals surface area contributed by atoms with Crippen molar-refractivity contribution in [1.82, 2.24) is 4.90 Å². The van der Waals surface area contributed by atoms with Crippen molar-refractivity contribution in [3.8, 4) is 0 Å². The summed E-state index contributed by atoms with van der Waals surface area (Å²) in [5, 5.41) is 9.38. The molecule has 2 aliphatic rings. The summed E-state index contributed by atoms with van der Waals surface area (Å²) in [6, 6.07) is 5.06. The molecule has 5 heteroatoms. The number of amides is 1. The zero-order chi connectivity index (χ0) is 13.6. The lowest BCUT2D eigenvalue weighted by Gasteiger charge is -2.17. The van der Waals surface area contributed by atoms with E-state index in [-0.39, 0.29) is 24.8 Å². The van der Waals surface area contributed by atoms with Crippen molar-refractivity contribution in [2.75, 3.05) is 13.1 Å². The van der Waals surface area contributed by atoms with Gasteiger partial charge in [0.25, 0.3) is 5.91 Å². The van der Waals surface area contributed by atoms with Crippen molar-refractivity contribution >= 4 is 11.7 Å². The molecule has 1 aliphatic carbocycles. The number of benzene rings is 1. The fourth-order valence-corrected chi connectivity index (χ4v) is 2.77. The molecule has 1 aromatic carbocycles. The van der Waals surface area contributed by atoms with Crippen LogP contribution in [0.2, 0.25) is 0 Å². The number of nitrogens with zero attached hydrogens (tertiary/aromatic N) is 1. The van der Waals surface area contributed by atoms with Crippen molar-refractivity contribution < 1.29 is 19.1 Å². The van der Waals surface area contributed by atoms with E-state index in [1.54, 1.807) is 18.2 Å². The van der Waals surface area contributed by atoms with E-state index in [0.717, 1.165) is 5.56 Å². The summed E-state index contributed by atoms with van der Waals surface area (Å²) in [7, 11) is 0. The third-order valence-electron chi connectivity index (χ3n) is 3.82. The number of hydrogen-bond acceptors (Lipinski definition) is 3. The van der Waals surface area contributed by atoms with Gasteiger partial charge in [-0.25, -0.2) is 4.39 Å². The average Bonchev–Trinajstić information content (AvgIpc) is 2.93. The summed E-state index contributed by atoms with van der Waals surface area (Å²) < 4.78 is 13.3. The van der Waals surface area contributed by atoms with Crippen molar-refractivity contribution in [2.24, 2.45) is 0 Å². The Labute approximate surface area is 109 Å². The number of likely N-dealkylation sites (tertiary alicyclic amines) is 1. The molecule has 1 fully saturated rings. The zero-order valence-corrected chi connectivity index (χ0v) is 10.3. The number of halogens is 1. The van der Waals surface area contributed by atoms with Crippen LogP contribution in [0, 0.1) is 0 Å². The average molecular weight is 263 g/mol. The second-order valence-electron chi connectivity index (χ2n) is 5.05. The van der Waals surface area contributed by atoms with Gasteiger partial charge >= 0.3 is 0 Å². The number of carbonyl (C=O) groups excluding carboxylic acids is 2. The number of rotatable bonds is 1. The Balaban J connectivity index is 1.92. The standard InChI is InChI=1S/C14H14FNO3/c15-11-6-16(7-13(11)18)14(19)10-3-1-2-9-8(10)4-5-12(9)17/h1-3,11,13,18H,4-7H2/t11-,13-/m1/s1. The van der Waals surface area contributed by atoms with Gasteiger partial charge in [0.15, 0.2) is 5.78 Å². The van der Waals surface area contributed by atoms with E-state index in [1.807, 2.05) is 0 Å². The van der Waals surface area contributed by atoms with Crippen molar-refractivity contribution in [3.63, 3.8) is 0 Å². The summed E-state index contributed by atoms with van der Waals surface area (Å²) in [6.45, 7) is -0.0742. The fourth-order valence-electron chi connectivity index (χ4n) is 2.77. The van der Waals surface area contributed by atoms with Crippen molar-refractivity contribution in [1.29, 1.82) is 0 Å². The van der Waals surface area contributed by atoms with Gasteiger partial charge in [-0.2, -0.15) is 0 Å². The molecule has 1 saturated heterocycles. The molecule has 0 radical (unpaired) electrons. The molecule has 1 aliphatic heterocycles. The molecule has 1 aromatic rings. The number of fused-ring (bicyclic) bond motifs is 1. The van der Waals surface area contributed by atoms with Crippen LogP contribution in [-0.2, 0) is 6.42 Å². The molecule has 0 aromatic heterocycles. The molecule has 2 atom stereocenters. The van der Waals surface area contributed by atoms with Crippen LogP contribution in [-0.4, -0.2) is 47.1 Å². The monoisotopic (exact) mass is 263 g/mol. The predicted octanol–water partition coefficient (Wildman–Crippen LogP) is 0.970. The van der Waals surface area contributed by atoms with Crippen LogP contribution in [0.25, 0.3) is 0 Å². The minimum Gasteiger partial charge on any atom is -0.388 e. The highest BCUT2D eigenvalue weighted by Gasteiger charge is 2.36. The number of Topliss-reactive ketones (excluding diaryl/α,β-unsaturated/α-hetero) is 1. The molecule has 4 nitrogen and oxygen atoms in total. The maximum atomic E-state index is 13.3. The number of hydrogen-bond donors (Lipinski definition) is 1. The molecule has 1 heterocycles. The molecule has 1 amide bonds. The highest BCUT2D eigenvalue weighted by atomic mass is 19.1. The SMILES string of the molecule is O=C1CCc2c1cccc2C(=O)N1C[C@@H](O)[C@H](F)C1. The Kier molecular flexibility index (Phi) is 2.86. The lowest BCUT2D eigenvalue weighted by Crippen LogP contribution is -2.30. The van der Waals surface area contributed by atoms with E-state index in [2.05, 4.69) is 0 Å². The third-order valence-corrected chi connectivity index (χ3v) is 3.82. The van der Waals surface area contributed by atoms with Crippen LogP contribution in [0.4, 0.5) is 4.39 Å². The van der Waals surface area contributed by atoms with Crippen LogP contribution >= 0.6 is 0 Å². The molecule has 19 heavy (non-hydrogen) atoms. The molecule has 100 valence electrons. The highest BCUT2D eigenvalue weighted by Crippen LogP contribution is 2.27. The second kappa shape index (κ2) is 4.42. The van der Waals surface area contributed by atoms with Gasteiger partial charge in [-0.1, -0.05) is 12.1 Å². The number of β-amino-alcohol motifs (C(OH)–C–C–N with tert-alkyl or cyclic N) is 1. The van der Waals surface area contributed by atoms with Gasteiger partial charge in [0.05, 0.1) is 6.54 Å². The summed E-state index contributed by atoms with van der Waals surface area (Å²) in [5.41, 5.74) is 1.82. The van der Waals surface area contributed by atoms with Crippen molar-refractivity contribution in [3.05, 3.63) is 34.9 Å². The van der Waals surface area contributed by atoms with Gasteiger partial charge < -0.3 is 10.0 Å². The van der Waals surface area contributed by atoms with E-state index < -0.39 is 12.3 Å². The van der Waals surface area contributed by atoms with Gasteiger partial charge in [0.1, 0.15) is 12.3 Å². The number of carbonyl (C=O) groups is 2. The summed E-state index contributed by atoms with van der Waals surface area (Å²) in [5.74, 6) is -0.250. The van der Waals surface area contributed by atoms with Crippen LogP contribution in [0.3, 0.4) is 0 Å². The van der Waals surface area contributed by atoms with Gasteiger partial charge in [0.2, 0.25) is 0 Å². The first kappa shape index (κ1) is 12.3. The Morgan fingerprint density at radius 1 is 1.32 bits per heavy atom. The summed E-state index contributed by atoms with van der Waals surface area (Å²) >= 11 is 0. The molecular formula is C14H14FNO3. The van der Waals surface area contributed by atoms with Crippen LogP contribution in [0.1, 0.15) is 32.7 Å². The van der Waals surface area contributed by atoms with Crippen LogP contribution in [0.5, 0.6) is 0 Å². The van der Waals surface area contributed by atoms with Gasteiger partial charge in [-0.3, -0.25) is 9.59 Å². The van der Waals surface area contributed by atoms with Crippen LogP contribution < -0.4 is 0 Å². The van der Waals surface area contributed by atoms with E-state index in [0.29, 0.717) is 24.0 Å². The number of aliphatic hydroxyl groups excluding tert-OH is 1. The smallest absolute Gasteiger partial charge is 0.254 e. The van der Waals surface area contributed by atoms with Gasteiger partial charge in [-0.15, -0.1) is 0 Å². The topological polar surface area (TPSA) is 57.6 Å². The molecule has 0 unspecified atom stereocenters. The fraction of sp³-hybridized carbons (Fsp3) is 0.429. The van der Waals surface area contributed by atoms with Gasteiger partial charge in [-0.05, 0) is 18.1 Å². The van der Waals surface area contributed by atoms with Crippen molar-refractivity contribution in [2.45, 2.75) is 25.1 Å². The second-order valence-corrected chi connectivity index (χ2v) is 5.05. The number of aliphatic hydroxyl groups is 1. The highest BCUT2D eigenvalue weighted by molar-refractivity contribution is 6.05. The summed E-state index contributed by atoms with van der Waals surface area (Å²) in [6.07, 6.45) is -1.51. The van der Waals surface area contributed by atoms with E-state index in [9.17, 15) is 19.1 Å². The summed E-state index contributed by atoms with van der Waals surface area (Å²) in [4.78, 5) is 25.3.